The molecule has 0 spiro atoms. The molecule has 2 rings (SSSR count). The first-order chi connectivity index (χ1) is 10.1. The van der Waals surface area contributed by atoms with Crippen LogP contribution in [0.2, 0.25) is 30.1 Å². The molecule has 0 aromatic heterocycles. The lowest BCUT2D eigenvalue weighted by Gasteiger charge is -2.14. The predicted octanol–water partition coefficient (Wildman–Crippen LogP) is 6.68. The second kappa shape index (κ2) is 6.56. The van der Waals surface area contributed by atoms with Crippen LogP contribution in [0.3, 0.4) is 0 Å². The zero-order valence-corrected chi connectivity index (χ0v) is 16.1. The van der Waals surface area contributed by atoms with E-state index in [4.69, 9.17) is 69.6 Å². The standard InChI is InChI=1S/C13H6Cl6O2S/c1-22(20,21)8-4-7(15)9(13(19)12(8)18)5-2-3-6(14)11(17)10(5)16/h2-4H,1H3. The zero-order chi connectivity index (χ0) is 16.8. The molecule has 0 atom stereocenters. The first kappa shape index (κ1) is 18.5. The molecule has 22 heavy (non-hydrogen) atoms. The van der Waals surface area contributed by atoms with Crippen LogP contribution in [0, 0.1) is 0 Å². The van der Waals surface area contributed by atoms with Crippen molar-refractivity contribution in [3.8, 4) is 11.1 Å². The highest BCUT2D eigenvalue weighted by Gasteiger charge is 2.23. The summed E-state index contributed by atoms with van der Waals surface area (Å²) in [7, 11) is -3.58. The van der Waals surface area contributed by atoms with E-state index in [0.29, 0.717) is 5.56 Å². The highest BCUT2D eigenvalue weighted by molar-refractivity contribution is 7.90. The number of hydrogen-bond acceptors (Lipinski definition) is 2. The van der Waals surface area contributed by atoms with Gasteiger partial charge < -0.3 is 0 Å². The molecule has 2 aromatic rings. The molecule has 0 N–H and O–H groups in total. The van der Waals surface area contributed by atoms with Crippen molar-refractivity contribution in [2.24, 2.45) is 0 Å². The largest absolute Gasteiger partial charge is 0.224 e. The first-order valence-corrected chi connectivity index (χ1v) is 9.73. The van der Waals surface area contributed by atoms with E-state index in [1.807, 2.05) is 0 Å². The third-order valence-corrected chi connectivity index (χ3v) is 6.52. The van der Waals surface area contributed by atoms with Gasteiger partial charge in [-0.15, -0.1) is 0 Å². The molecule has 0 radical (unpaired) electrons. The van der Waals surface area contributed by atoms with Crippen molar-refractivity contribution in [1.29, 1.82) is 0 Å². The number of sulfone groups is 1. The topological polar surface area (TPSA) is 34.1 Å². The van der Waals surface area contributed by atoms with Crippen molar-refractivity contribution in [1.82, 2.24) is 0 Å². The van der Waals surface area contributed by atoms with Gasteiger partial charge in [-0.25, -0.2) is 8.42 Å². The van der Waals surface area contributed by atoms with E-state index in [1.165, 1.54) is 12.1 Å². The van der Waals surface area contributed by atoms with Gasteiger partial charge in [0.05, 0.1) is 35.0 Å². The van der Waals surface area contributed by atoms with Crippen molar-refractivity contribution in [2.75, 3.05) is 6.26 Å². The summed E-state index contributed by atoms with van der Waals surface area (Å²) in [5.41, 5.74) is 0.678. The summed E-state index contributed by atoms with van der Waals surface area (Å²) in [6.07, 6.45) is 1.01. The lowest BCUT2D eigenvalue weighted by molar-refractivity contribution is 0.602. The van der Waals surface area contributed by atoms with Crippen LogP contribution in [0.25, 0.3) is 11.1 Å². The van der Waals surface area contributed by atoms with Crippen molar-refractivity contribution in [2.45, 2.75) is 4.90 Å². The lowest BCUT2D eigenvalue weighted by atomic mass is 10.1. The highest BCUT2D eigenvalue weighted by atomic mass is 35.5. The molecule has 2 aromatic carbocycles. The van der Waals surface area contributed by atoms with E-state index in [0.717, 1.165) is 6.26 Å². The van der Waals surface area contributed by atoms with Crippen LogP contribution >= 0.6 is 69.6 Å². The minimum absolute atomic E-state index is 0.0325. The molecule has 2 nitrogen and oxygen atoms in total. The van der Waals surface area contributed by atoms with E-state index < -0.39 is 9.84 Å². The summed E-state index contributed by atoms with van der Waals surface area (Å²) in [5.74, 6) is 0. The van der Waals surface area contributed by atoms with Crippen molar-refractivity contribution in [3.05, 3.63) is 48.3 Å². The second-order valence-corrected chi connectivity index (χ2v) is 8.66. The predicted molar refractivity (Wildman–Crippen MR) is 95.0 cm³/mol. The molecule has 0 unspecified atom stereocenters. The molecule has 0 aliphatic rings. The Balaban J connectivity index is 2.85. The number of halogens is 6. The van der Waals surface area contributed by atoms with E-state index in [2.05, 4.69) is 0 Å². The fourth-order valence-corrected chi connectivity index (χ4v) is 4.55. The summed E-state index contributed by atoms with van der Waals surface area (Å²) >= 11 is 36.5. The Hall–Kier alpha value is 0.130. The number of benzene rings is 2. The molecular weight excluding hydrogens is 433 g/mol. The van der Waals surface area contributed by atoms with Gasteiger partial charge in [0.1, 0.15) is 0 Å². The Morgan fingerprint density at radius 2 is 1.36 bits per heavy atom. The van der Waals surface area contributed by atoms with Crippen LogP contribution in [0.4, 0.5) is 0 Å². The Labute approximate surface area is 157 Å². The van der Waals surface area contributed by atoms with Crippen LogP contribution in [-0.4, -0.2) is 14.7 Å². The Morgan fingerprint density at radius 1 is 0.773 bits per heavy atom. The third-order valence-electron chi connectivity index (χ3n) is 2.83. The highest BCUT2D eigenvalue weighted by Crippen LogP contribution is 2.47. The van der Waals surface area contributed by atoms with Crippen molar-refractivity contribution in [3.63, 3.8) is 0 Å². The van der Waals surface area contributed by atoms with Crippen molar-refractivity contribution < 1.29 is 8.42 Å². The van der Waals surface area contributed by atoms with Gasteiger partial charge in [0.2, 0.25) is 0 Å². The average molecular weight is 439 g/mol. The Kier molecular flexibility index (Phi) is 5.51. The van der Waals surface area contributed by atoms with Crippen LogP contribution in [0.15, 0.2) is 23.1 Å². The Bertz CT molecular complexity index is 877. The molecule has 0 bridgehead atoms. The molecule has 0 amide bonds. The van der Waals surface area contributed by atoms with Gasteiger partial charge in [-0.05, 0) is 12.1 Å². The summed E-state index contributed by atoms with van der Waals surface area (Å²) in [6, 6.07) is 4.31. The SMILES string of the molecule is CS(=O)(=O)c1cc(Cl)c(-c2ccc(Cl)c(Cl)c2Cl)c(Cl)c1Cl. The lowest BCUT2D eigenvalue weighted by Crippen LogP contribution is -2.00. The van der Waals surface area contributed by atoms with Gasteiger partial charge in [0.15, 0.2) is 9.84 Å². The minimum Gasteiger partial charge on any atom is -0.224 e. The fourth-order valence-electron chi connectivity index (χ4n) is 1.81. The monoisotopic (exact) mass is 436 g/mol. The molecule has 0 heterocycles. The maximum Gasteiger partial charge on any atom is 0.177 e. The smallest absolute Gasteiger partial charge is 0.177 e. The maximum absolute atomic E-state index is 11.7. The summed E-state index contributed by atoms with van der Waals surface area (Å²) < 4.78 is 23.4. The van der Waals surface area contributed by atoms with Crippen LogP contribution in [0.5, 0.6) is 0 Å². The average Bonchev–Trinajstić information content (AvgIpc) is 2.41. The molecule has 0 saturated carbocycles. The normalized spacial score (nSPS) is 11.8. The van der Waals surface area contributed by atoms with E-state index >= 15 is 0 Å². The van der Waals surface area contributed by atoms with Crippen LogP contribution < -0.4 is 0 Å². The fraction of sp³-hybridized carbons (Fsp3) is 0.0769. The molecule has 0 aliphatic heterocycles. The molecule has 0 fully saturated rings. The summed E-state index contributed by atoms with van der Waals surface area (Å²) in [4.78, 5) is -0.163. The van der Waals surface area contributed by atoms with Crippen molar-refractivity contribution >= 4 is 79.4 Å². The molecule has 0 saturated heterocycles. The van der Waals surface area contributed by atoms with E-state index in [9.17, 15) is 8.42 Å². The second-order valence-electron chi connectivity index (χ2n) is 4.35. The first-order valence-electron chi connectivity index (χ1n) is 5.57. The number of hydrogen-bond donors (Lipinski definition) is 0. The van der Waals surface area contributed by atoms with E-state index in [-0.39, 0.29) is 40.6 Å². The summed E-state index contributed by atoms with van der Waals surface area (Å²) in [5, 5.41) is 0.453. The zero-order valence-electron chi connectivity index (χ0n) is 10.7. The van der Waals surface area contributed by atoms with E-state index in [1.54, 1.807) is 6.07 Å². The maximum atomic E-state index is 11.7. The van der Waals surface area contributed by atoms with Gasteiger partial charge in [-0.3, -0.25) is 0 Å². The van der Waals surface area contributed by atoms with Gasteiger partial charge in [-0.2, -0.15) is 0 Å². The Morgan fingerprint density at radius 3 is 1.91 bits per heavy atom. The quantitative estimate of drug-likeness (QED) is 0.387. The van der Waals surface area contributed by atoms with Gasteiger partial charge >= 0.3 is 0 Å². The minimum atomic E-state index is -3.58. The van der Waals surface area contributed by atoms with Crippen LogP contribution in [0.1, 0.15) is 0 Å². The molecular formula is C13H6Cl6O2S. The third kappa shape index (κ3) is 3.32. The van der Waals surface area contributed by atoms with Gasteiger partial charge in [0, 0.05) is 17.4 Å². The molecule has 0 aliphatic carbocycles. The summed E-state index contributed by atoms with van der Waals surface area (Å²) in [6.45, 7) is 0. The molecule has 9 heteroatoms. The van der Waals surface area contributed by atoms with Gasteiger partial charge in [0.25, 0.3) is 0 Å². The van der Waals surface area contributed by atoms with Crippen LogP contribution in [-0.2, 0) is 9.84 Å². The number of rotatable bonds is 2. The van der Waals surface area contributed by atoms with Gasteiger partial charge in [-0.1, -0.05) is 75.7 Å². The molecule has 118 valence electrons.